The molecule has 3 aromatic heterocycles. The third-order valence-electron chi connectivity index (χ3n) is 5.59. The van der Waals surface area contributed by atoms with Gasteiger partial charge in [-0.25, -0.2) is 9.97 Å². The summed E-state index contributed by atoms with van der Waals surface area (Å²) in [6.45, 7) is 4.99. The minimum absolute atomic E-state index is 0.823. The van der Waals surface area contributed by atoms with E-state index in [1.54, 1.807) is 0 Å². The zero-order valence-electron chi connectivity index (χ0n) is 16.0. The summed E-state index contributed by atoms with van der Waals surface area (Å²) in [6.07, 6.45) is 10.8. The van der Waals surface area contributed by atoms with Crippen LogP contribution in [-0.2, 0) is 19.5 Å². The summed E-state index contributed by atoms with van der Waals surface area (Å²) in [4.78, 5) is 23.3. The number of fused-ring (bicyclic) bond motifs is 1. The van der Waals surface area contributed by atoms with Crippen LogP contribution in [0.4, 0.5) is 5.82 Å². The van der Waals surface area contributed by atoms with E-state index in [1.807, 2.05) is 43.0 Å². The van der Waals surface area contributed by atoms with Gasteiger partial charge in [0.25, 0.3) is 0 Å². The van der Waals surface area contributed by atoms with E-state index < -0.39 is 0 Å². The molecule has 2 aliphatic heterocycles. The number of aromatic nitrogens is 4. The van der Waals surface area contributed by atoms with Gasteiger partial charge in [0, 0.05) is 75.1 Å². The van der Waals surface area contributed by atoms with Gasteiger partial charge in [0.05, 0.1) is 5.69 Å². The van der Waals surface area contributed by atoms with Crippen molar-refractivity contribution in [2.24, 2.45) is 0 Å². The van der Waals surface area contributed by atoms with Crippen LogP contribution in [0.3, 0.4) is 0 Å². The molecule has 6 nitrogen and oxygen atoms in total. The summed E-state index contributed by atoms with van der Waals surface area (Å²) >= 11 is 0. The third-order valence-corrected chi connectivity index (χ3v) is 5.59. The van der Waals surface area contributed by atoms with Crippen molar-refractivity contribution in [2.75, 3.05) is 24.5 Å². The maximum absolute atomic E-state index is 5.03. The first-order chi connectivity index (χ1) is 13.9. The van der Waals surface area contributed by atoms with E-state index in [2.05, 4.69) is 25.8 Å². The topological polar surface area (TPSA) is 58.0 Å². The molecule has 28 heavy (non-hydrogen) atoms. The molecule has 0 radical (unpaired) electrons. The van der Waals surface area contributed by atoms with Gasteiger partial charge in [-0.2, -0.15) is 0 Å². The second kappa shape index (κ2) is 7.64. The molecule has 0 spiro atoms. The molecule has 3 aromatic rings. The van der Waals surface area contributed by atoms with Crippen LogP contribution in [0.5, 0.6) is 0 Å². The molecule has 0 aromatic carbocycles. The van der Waals surface area contributed by atoms with E-state index in [0.717, 1.165) is 56.4 Å². The standard InChI is InChI=1S/C22H24N6/c1-2-12-28(11-1)22-19-16-27(15-17-4-3-8-24-14-17)13-7-20(19)25-21(26-22)18-5-9-23-10-6-18/h3-6,8-10,14H,1-2,7,11-13,15-16H2. The maximum atomic E-state index is 5.03. The molecular weight excluding hydrogens is 348 g/mol. The van der Waals surface area contributed by atoms with Crippen molar-refractivity contribution in [1.82, 2.24) is 24.8 Å². The van der Waals surface area contributed by atoms with E-state index in [0.29, 0.717) is 0 Å². The van der Waals surface area contributed by atoms with E-state index in [-0.39, 0.29) is 0 Å². The number of nitrogens with zero attached hydrogens (tertiary/aromatic N) is 6. The van der Waals surface area contributed by atoms with Crippen LogP contribution in [0, 0.1) is 0 Å². The lowest BCUT2D eigenvalue weighted by Crippen LogP contribution is -2.33. The Labute approximate surface area is 165 Å². The Morgan fingerprint density at radius 3 is 2.54 bits per heavy atom. The number of rotatable bonds is 4. The van der Waals surface area contributed by atoms with Gasteiger partial charge in [-0.1, -0.05) is 6.07 Å². The van der Waals surface area contributed by atoms with Gasteiger partial charge < -0.3 is 4.90 Å². The molecule has 0 bridgehead atoms. The Bertz CT molecular complexity index is 938. The minimum atomic E-state index is 0.823. The number of hydrogen-bond acceptors (Lipinski definition) is 6. The zero-order chi connectivity index (χ0) is 18.8. The van der Waals surface area contributed by atoms with Crippen LogP contribution in [0.1, 0.15) is 29.7 Å². The van der Waals surface area contributed by atoms with Crippen LogP contribution in [0.15, 0.2) is 49.1 Å². The minimum Gasteiger partial charge on any atom is -0.356 e. The van der Waals surface area contributed by atoms with E-state index in [1.165, 1.54) is 29.7 Å². The molecule has 2 aliphatic rings. The van der Waals surface area contributed by atoms with Gasteiger partial charge in [0.15, 0.2) is 5.82 Å². The fourth-order valence-corrected chi connectivity index (χ4v) is 4.16. The number of hydrogen-bond donors (Lipinski definition) is 0. The molecule has 6 heteroatoms. The molecule has 0 atom stereocenters. The average molecular weight is 372 g/mol. The second-order valence-corrected chi connectivity index (χ2v) is 7.55. The Morgan fingerprint density at radius 1 is 0.893 bits per heavy atom. The summed E-state index contributed by atoms with van der Waals surface area (Å²) in [5, 5.41) is 0. The van der Waals surface area contributed by atoms with Crippen molar-refractivity contribution in [3.8, 4) is 11.4 Å². The molecule has 142 valence electrons. The Hall–Kier alpha value is -2.86. The number of pyridine rings is 2. The van der Waals surface area contributed by atoms with Crippen LogP contribution >= 0.6 is 0 Å². The maximum Gasteiger partial charge on any atom is 0.161 e. The van der Waals surface area contributed by atoms with Crippen molar-refractivity contribution in [1.29, 1.82) is 0 Å². The summed E-state index contributed by atoms with van der Waals surface area (Å²) in [7, 11) is 0. The lowest BCUT2D eigenvalue weighted by atomic mass is 10.0. The van der Waals surface area contributed by atoms with Crippen molar-refractivity contribution in [3.05, 3.63) is 65.9 Å². The van der Waals surface area contributed by atoms with Crippen LogP contribution in [0.2, 0.25) is 0 Å². The first-order valence-corrected chi connectivity index (χ1v) is 10.0. The first-order valence-electron chi connectivity index (χ1n) is 10.0. The Kier molecular flexibility index (Phi) is 4.71. The van der Waals surface area contributed by atoms with Gasteiger partial charge in [0.1, 0.15) is 5.82 Å². The van der Waals surface area contributed by atoms with E-state index in [4.69, 9.17) is 9.97 Å². The van der Waals surface area contributed by atoms with E-state index in [9.17, 15) is 0 Å². The molecule has 0 saturated carbocycles. The SMILES string of the molecule is c1cncc(CN2CCc3nc(-c4ccncc4)nc(N4CCCC4)c3C2)c1. The predicted molar refractivity (Wildman–Crippen MR) is 109 cm³/mol. The predicted octanol–water partition coefficient (Wildman–Crippen LogP) is 3.09. The first kappa shape index (κ1) is 17.3. The molecule has 5 rings (SSSR count). The Morgan fingerprint density at radius 2 is 1.75 bits per heavy atom. The van der Waals surface area contributed by atoms with Crippen LogP contribution in [0.25, 0.3) is 11.4 Å². The molecule has 1 fully saturated rings. The van der Waals surface area contributed by atoms with Gasteiger partial charge in [-0.3, -0.25) is 14.9 Å². The third kappa shape index (κ3) is 3.47. The van der Waals surface area contributed by atoms with Gasteiger partial charge in [-0.05, 0) is 36.6 Å². The molecule has 0 N–H and O–H groups in total. The van der Waals surface area contributed by atoms with Crippen molar-refractivity contribution < 1.29 is 0 Å². The smallest absolute Gasteiger partial charge is 0.161 e. The molecule has 0 unspecified atom stereocenters. The monoisotopic (exact) mass is 372 g/mol. The highest BCUT2D eigenvalue weighted by atomic mass is 15.2. The van der Waals surface area contributed by atoms with Gasteiger partial charge in [0.2, 0.25) is 0 Å². The lowest BCUT2D eigenvalue weighted by molar-refractivity contribution is 0.243. The van der Waals surface area contributed by atoms with Gasteiger partial charge in [-0.15, -0.1) is 0 Å². The summed E-state index contributed by atoms with van der Waals surface area (Å²) in [6, 6.07) is 8.14. The van der Waals surface area contributed by atoms with Crippen molar-refractivity contribution in [3.63, 3.8) is 0 Å². The average Bonchev–Trinajstić information content (AvgIpc) is 3.29. The fraction of sp³-hybridized carbons (Fsp3) is 0.364. The summed E-state index contributed by atoms with van der Waals surface area (Å²) < 4.78 is 0. The molecule has 1 saturated heterocycles. The highest BCUT2D eigenvalue weighted by Gasteiger charge is 2.27. The summed E-state index contributed by atoms with van der Waals surface area (Å²) in [5.74, 6) is 1.95. The molecule has 5 heterocycles. The quantitative estimate of drug-likeness (QED) is 0.701. The second-order valence-electron chi connectivity index (χ2n) is 7.55. The Balaban J connectivity index is 1.49. The fourth-order valence-electron chi connectivity index (χ4n) is 4.16. The molecular formula is C22H24N6. The lowest BCUT2D eigenvalue weighted by Gasteiger charge is -2.31. The molecule has 0 amide bonds. The highest BCUT2D eigenvalue weighted by Crippen LogP contribution is 2.31. The zero-order valence-corrected chi connectivity index (χ0v) is 16.0. The largest absolute Gasteiger partial charge is 0.356 e. The van der Waals surface area contributed by atoms with Gasteiger partial charge >= 0.3 is 0 Å². The van der Waals surface area contributed by atoms with Crippen molar-refractivity contribution >= 4 is 5.82 Å². The molecule has 0 aliphatic carbocycles. The normalized spacial score (nSPS) is 16.9. The highest BCUT2D eigenvalue weighted by molar-refractivity contribution is 5.61. The van der Waals surface area contributed by atoms with Crippen LogP contribution in [-0.4, -0.2) is 44.5 Å². The number of anilines is 1. The van der Waals surface area contributed by atoms with Crippen LogP contribution < -0.4 is 4.90 Å². The van der Waals surface area contributed by atoms with Crippen molar-refractivity contribution in [2.45, 2.75) is 32.4 Å². The van der Waals surface area contributed by atoms with E-state index >= 15 is 0 Å². The summed E-state index contributed by atoms with van der Waals surface area (Å²) in [5.41, 5.74) is 4.79.